The molecule has 1 aliphatic heterocycles. The molecular weight excluding hydrogens is 301 g/mol. The Kier molecular flexibility index (Phi) is 5.64. The van der Waals surface area contributed by atoms with E-state index in [0.717, 1.165) is 31.5 Å². The second kappa shape index (κ2) is 7.91. The molecule has 2 nitrogen and oxygen atoms in total. The van der Waals surface area contributed by atoms with Crippen molar-refractivity contribution in [3.63, 3.8) is 0 Å². The molecule has 1 fully saturated rings. The van der Waals surface area contributed by atoms with Crippen LogP contribution >= 0.6 is 0 Å². The molecule has 0 aromatic heterocycles. The zero-order valence-corrected chi connectivity index (χ0v) is 14.4. The number of piperidine rings is 1. The van der Waals surface area contributed by atoms with Crippen molar-refractivity contribution in [3.8, 4) is 0 Å². The molecule has 2 aromatic carbocycles. The van der Waals surface area contributed by atoms with E-state index < -0.39 is 0 Å². The lowest BCUT2D eigenvalue weighted by Gasteiger charge is -2.44. The van der Waals surface area contributed by atoms with Crippen LogP contribution in [0.1, 0.15) is 37.3 Å². The average molecular weight is 327 g/mol. The lowest BCUT2D eigenvalue weighted by molar-refractivity contribution is -0.170. The number of ether oxygens (including phenoxy) is 1. The second-order valence-corrected chi connectivity index (χ2v) is 6.73. The molecule has 0 aliphatic carbocycles. The van der Waals surface area contributed by atoms with E-state index in [0.29, 0.717) is 6.61 Å². The van der Waals surface area contributed by atoms with E-state index in [9.17, 15) is 4.39 Å². The monoisotopic (exact) mass is 327 g/mol. The van der Waals surface area contributed by atoms with Crippen molar-refractivity contribution in [3.05, 3.63) is 71.5 Å². The minimum Gasteiger partial charge on any atom is -0.356 e. The van der Waals surface area contributed by atoms with Crippen LogP contribution in [0.25, 0.3) is 0 Å². The molecular formula is C21H26FNO. The van der Waals surface area contributed by atoms with Gasteiger partial charge in [0.25, 0.3) is 0 Å². The third kappa shape index (κ3) is 4.22. The van der Waals surface area contributed by atoms with Crippen LogP contribution in [0.4, 0.5) is 4.39 Å². The first-order valence-corrected chi connectivity index (χ1v) is 8.84. The number of likely N-dealkylation sites (tertiary alicyclic amines) is 1. The Morgan fingerprint density at radius 3 is 2.58 bits per heavy atom. The topological polar surface area (TPSA) is 12.5 Å². The normalized spacial score (nSPS) is 21.8. The summed E-state index contributed by atoms with van der Waals surface area (Å²) in [5.41, 5.74) is 1.71. The third-order valence-corrected chi connectivity index (χ3v) is 4.99. The van der Waals surface area contributed by atoms with Crippen molar-refractivity contribution in [2.45, 2.75) is 44.9 Å². The summed E-state index contributed by atoms with van der Waals surface area (Å²) in [6.45, 7) is 4.63. The van der Waals surface area contributed by atoms with Gasteiger partial charge in [-0.1, -0.05) is 48.5 Å². The Bertz CT molecular complexity index is 645. The zero-order valence-electron chi connectivity index (χ0n) is 14.4. The Labute approximate surface area is 144 Å². The average Bonchev–Trinajstić information content (AvgIpc) is 2.62. The van der Waals surface area contributed by atoms with Crippen molar-refractivity contribution < 1.29 is 9.13 Å². The number of rotatable bonds is 6. The van der Waals surface area contributed by atoms with Gasteiger partial charge < -0.3 is 4.74 Å². The smallest absolute Gasteiger partial charge is 0.126 e. The van der Waals surface area contributed by atoms with Gasteiger partial charge in [0.05, 0.1) is 6.61 Å². The fourth-order valence-corrected chi connectivity index (χ4v) is 3.43. The largest absolute Gasteiger partial charge is 0.356 e. The number of halogens is 1. The molecule has 0 radical (unpaired) electrons. The van der Waals surface area contributed by atoms with Crippen molar-refractivity contribution in [2.75, 3.05) is 13.1 Å². The van der Waals surface area contributed by atoms with E-state index in [-0.39, 0.29) is 11.5 Å². The predicted molar refractivity (Wildman–Crippen MR) is 95.2 cm³/mol. The van der Waals surface area contributed by atoms with Crippen LogP contribution in [-0.2, 0) is 17.8 Å². The molecule has 0 spiro atoms. The summed E-state index contributed by atoms with van der Waals surface area (Å²) in [6, 6.07) is 17.3. The van der Waals surface area contributed by atoms with Gasteiger partial charge in [-0.15, -0.1) is 0 Å². The van der Waals surface area contributed by atoms with E-state index >= 15 is 0 Å². The first kappa shape index (κ1) is 17.1. The van der Waals surface area contributed by atoms with Crippen LogP contribution in [-0.4, -0.2) is 23.7 Å². The quantitative estimate of drug-likeness (QED) is 0.756. The molecule has 0 bridgehead atoms. The minimum absolute atomic E-state index is 0.110. The van der Waals surface area contributed by atoms with Crippen LogP contribution < -0.4 is 0 Å². The molecule has 128 valence electrons. The summed E-state index contributed by atoms with van der Waals surface area (Å²) >= 11 is 0. The highest BCUT2D eigenvalue weighted by atomic mass is 19.1. The van der Waals surface area contributed by atoms with Gasteiger partial charge >= 0.3 is 0 Å². The molecule has 1 aliphatic rings. The Balaban J connectivity index is 1.62. The van der Waals surface area contributed by atoms with Gasteiger partial charge in [-0.2, -0.15) is 0 Å². The lowest BCUT2D eigenvalue weighted by Crippen LogP contribution is -2.52. The molecule has 1 atom stereocenters. The SMILES string of the molecule is CC1(OCc2ccccc2)CCCCN1CCc1ccccc1F. The maximum absolute atomic E-state index is 13.9. The van der Waals surface area contributed by atoms with Gasteiger partial charge in [-0.3, -0.25) is 4.90 Å². The standard InChI is InChI=1S/C21H26FNO/c1-21(24-17-18-9-3-2-4-10-18)14-7-8-15-23(21)16-13-19-11-5-6-12-20(19)22/h2-6,9-12H,7-8,13-17H2,1H3. The Hall–Kier alpha value is -1.71. The van der Waals surface area contributed by atoms with Gasteiger partial charge in [0.2, 0.25) is 0 Å². The molecule has 24 heavy (non-hydrogen) atoms. The highest BCUT2D eigenvalue weighted by Crippen LogP contribution is 2.30. The minimum atomic E-state index is -0.265. The molecule has 0 amide bonds. The van der Waals surface area contributed by atoms with E-state index in [1.165, 1.54) is 24.5 Å². The van der Waals surface area contributed by atoms with E-state index in [2.05, 4.69) is 24.0 Å². The van der Waals surface area contributed by atoms with E-state index in [1.54, 1.807) is 6.07 Å². The lowest BCUT2D eigenvalue weighted by atomic mass is 9.98. The van der Waals surface area contributed by atoms with E-state index in [1.807, 2.05) is 30.3 Å². The Morgan fingerprint density at radius 2 is 1.79 bits per heavy atom. The third-order valence-electron chi connectivity index (χ3n) is 4.99. The summed E-state index contributed by atoms with van der Waals surface area (Å²) in [4.78, 5) is 2.38. The van der Waals surface area contributed by atoms with Crippen molar-refractivity contribution >= 4 is 0 Å². The van der Waals surface area contributed by atoms with Crippen LogP contribution in [0.15, 0.2) is 54.6 Å². The molecule has 3 rings (SSSR count). The van der Waals surface area contributed by atoms with Crippen LogP contribution in [0.5, 0.6) is 0 Å². The molecule has 2 aromatic rings. The highest BCUT2D eigenvalue weighted by molar-refractivity contribution is 5.17. The summed E-state index contributed by atoms with van der Waals surface area (Å²) in [5.74, 6) is -0.110. The predicted octanol–water partition coefficient (Wildman–Crippen LogP) is 4.79. The summed E-state index contributed by atoms with van der Waals surface area (Å²) in [7, 11) is 0. The maximum Gasteiger partial charge on any atom is 0.126 e. The van der Waals surface area contributed by atoms with Crippen molar-refractivity contribution in [2.24, 2.45) is 0 Å². The van der Waals surface area contributed by atoms with Crippen molar-refractivity contribution in [1.82, 2.24) is 4.90 Å². The van der Waals surface area contributed by atoms with Gasteiger partial charge in [-0.25, -0.2) is 4.39 Å². The van der Waals surface area contributed by atoms with Crippen molar-refractivity contribution in [1.29, 1.82) is 0 Å². The van der Waals surface area contributed by atoms with Crippen LogP contribution in [0.3, 0.4) is 0 Å². The summed E-state index contributed by atoms with van der Waals surface area (Å²) < 4.78 is 20.2. The zero-order chi connectivity index (χ0) is 16.8. The number of nitrogens with zero attached hydrogens (tertiary/aromatic N) is 1. The molecule has 3 heteroatoms. The molecule has 0 saturated carbocycles. The maximum atomic E-state index is 13.9. The van der Waals surface area contributed by atoms with Gasteiger partial charge in [0, 0.05) is 13.1 Å². The summed E-state index contributed by atoms with van der Waals surface area (Å²) in [6.07, 6.45) is 4.11. The van der Waals surface area contributed by atoms with Crippen LogP contribution in [0.2, 0.25) is 0 Å². The first-order chi connectivity index (χ1) is 11.7. The van der Waals surface area contributed by atoms with Gasteiger partial charge in [0.15, 0.2) is 0 Å². The fraction of sp³-hybridized carbons (Fsp3) is 0.429. The Morgan fingerprint density at radius 1 is 1.04 bits per heavy atom. The number of hydrogen-bond donors (Lipinski definition) is 0. The highest BCUT2D eigenvalue weighted by Gasteiger charge is 2.35. The number of benzene rings is 2. The molecule has 1 heterocycles. The fourth-order valence-electron chi connectivity index (χ4n) is 3.43. The molecule has 0 N–H and O–H groups in total. The molecule has 1 saturated heterocycles. The van der Waals surface area contributed by atoms with Crippen LogP contribution in [0, 0.1) is 5.82 Å². The molecule has 1 unspecified atom stereocenters. The second-order valence-electron chi connectivity index (χ2n) is 6.73. The van der Waals surface area contributed by atoms with Gasteiger partial charge in [-0.05, 0) is 49.8 Å². The summed E-state index contributed by atoms with van der Waals surface area (Å²) in [5, 5.41) is 0. The van der Waals surface area contributed by atoms with Gasteiger partial charge in [0.1, 0.15) is 11.5 Å². The first-order valence-electron chi connectivity index (χ1n) is 8.84. The number of hydrogen-bond acceptors (Lipinski definition) is 2. The van der Waals surface area contributed by atoms with E-state index in [4.69, 9.17) is 4.74 Å².